The highest BCUT2D eigenvalue weighted by molar-refractivity contribution is 5.98. The average molecular weight is 324 g/mol. The van der Waals surface area contributed by atoms with Gasteiger partial charge in [-0.15, -0.1) is 0 Å². The van der Waals surface area contributed by atoms with E-state index < -0.39 is 17.4 Å². The van der Waals surface area contributed by atoms with E-state index in [1.54, 1.807) is 0 Å². The topological polar surface area (TPSA) is 49.4 Å². The van der Waals surface area contributed by atoms with E-state index in [1.807, 2.05) is 11.8 Å². The molecule has 1 saturated heterocycles. The summed E-state index contributed by atoms with van der Waals surface area (Å²) in [6.07, 6.45) is 1.74. The Balaban J connectivity index is 1.94. The summed E-state index contributed by atoms with van der Waals surface area (Å²) in [4.78, 5) is 26.2. The summed E-state index contributed by atoms with van der Waals surface area (Å²) in [5.41, 5.74) is -0.163. The van der Waals surface area contributed by atoms with Gasteiger partial charge in [0, 0.05) is 38.0 Å². The van der Waals surface area contributed by atoms with Crippen molar-refractivity contribution < 1.29 is 18.4 Å². The maximum absolute atomic E-state index is 13.6. The van der Waals surface area contributed by atoms with Crippen LogP contribution in [0.2, 0.25) is 0 Å². The zero-order valence-corrected chi connectivity index (χ0v) is 13.3. The number of benzene rings is 1. The number of amides is 1. The largest absolute Gasteiger partial charge is 0.338 e. The summed E-state index contributed by atoms with van der Waals surface area (Å²) >= 11 is 0. The third kappa shape index (κ3) is 4.58. The average Bonchev–Trinajstić information content (AvgIpc) is 3.04. The van der Waals surface area contributed by atoms with E-state index >= 15 is 0 Å². The molecule has 126 valence electrons. The summed E-state index contributed by atoms with van der Waals surface area (Å²) in [5, 5.41) is 3.22. The SMILES string of the molecule is CCCN(C(=O)CCC(=O)c1ccc(F)cc1F)C1CCNC1. The van der Waals surface area contributed by atoms with Crippen molar-refractivity contribution in [2.24, 2.45) is 0 Å². The van der Waals surface area contributed by atoms with Crippen LogP contribution in [0.25, 0.3) is 0 Å². The molecule has 0 radical (unpaired) electrons. The molecule has 1 aromatic carbocycles. The van der Waals surface area contributed by atoms with Gasteiger partial charge in [-0.05, 0) is 31.5 Å². The van der Waals surface area contributed by atoms with Gasteiger partial charge >= 0.3 is 0 Å². The molecule has 1 amide bonds. The Hall–Kier alpha value is -1.82. The molecule has 0 aliphatic carbocycles. The first-order valence-corrected chi connectivity index (χ1v) is 8.01. The van der Waals surface area contributed by atoms with Crippen molar-refractivity contribution in [2.75, 3.05) is 19.6 Å². The number of nitrogens with zero attached hydrogens (tertiary/aromatic N) is 1. The molecule has 2 rings (SSSR count). The molecule has 0 aromatic heterocycles. The van der Waals surface area contributed by atoms with Gasteiger partial charge in [0.15, 0.2) is 5.78 Å². The molecule has 1 heterocycles. The zero-order valence-electron chi connectivity index (χ0n) is 13.3. The molecule has 0 saturated carbocycles. The van der Waals surface area contributed by atoms with Crippen molar-refractivity contribution in [3.05, 3.63) is 35.4 Å². The first-order chi connectivity index (χ1) is 11.0. The number of Topliss-reactive ketones (excluding diaryl/α,β-unsaturated/α-hetero) is 1. The van der Waals surface area contributed by atoms with Gasteiger partial charge in [0.25, 0.3) is 0 Å². The minimum Gasteiger partial charge on any atom is -0.338 e. The van der Waals surface area contributed by atoms with Crippen molar-refractivity contribution in [2.45, 2.75) is 38.6 Å². The van der Waals surface area contributed by atoms with Crippen LogP contribution in [-0.2, 0) is 4.79 Å². The lowest BCUT2D eigenvalue weighted by Crippen LogP contribution is -2.42. The number of nitrogens with one attached hydrogen (secondary N) is 1. The number of hydrogen-bond acceptors (Lipinski definition) is 3. The Labute approximate surface area is 134 Å². The van der Waals surface area contributed by atoms with Crippen molar-refractivity contribution in [3.8, 4) is 0 Å². The van der Waals surface area contributed by atoms with Crippen molar-refractivity contribution in [1.82, 2.24) is 10.2 Å². The van der Waals surface area contributed by atoms with Crippen molar-refractivity contribution in [1.29, 1.82) is 0 Å². The van der Waals surface area contributed by atoms with E-state index in [1.165, 1.54) is 0 Å². The van der Waals surface area contributed by atoms with Gasteiger partial charge in [-0.3, -0.25) is 9.59 Å². The monoisotopic (exact) mass is 324 g/mol. The van der Waals surface area contributed by atoms with Crippen LogP contribution >= 0.6 is 0 Å². The smallest absolute Gasteiger partial charge is 0.223 e. The standard InChI is InChI=1S/C17H22F2N2O2/c1-2-9-21(13-7-8-20-11-13)17(23)6-5-16(22)14-4-3-12(18)10-15(14)19/h3-4,10,13,20H,2,5-9,11H2,1H3. The molecule has 1 atom stereocenters. The lowest BCUT2D eigenvalue weighted by Gasteiger charge is -2.28. The molecular formula is C17H22F2N2O2. The molecule has 1 aliphatic heterocycles. The predicted octanol–water partition coefficient (Wildman–Crippen LogP) is 2.53. The van der Waals surface area contributed by atoms with E-state index in [0.717, 1.165) is 38.1 Å². The quantitative estimate of drug-likeness (QED) is 0.784. The molecule has 23 heavy (non-hydrogen) atoms. The Morgan fingerprint density at radius 1 is 1.30 bits per heavy atom. The maximum Gasteiger partial charge on any atom is 0.223 e. The van der Waals surface area contributed by atoms with Crippen LogP contribution in [0, 0.1) is 11.6 Å². The molecule has 4 nitrogen and oxygen atoms in total. The number of rotatable bonds is 7. The van der Waals surface area contributed by atoms with Gasteiger partial charge in [-0.2, -0.15) is 0 Å². The van der Waals surface area contributed by atoms with Gasteiger partial charge in [0.1, 0.15) is 11.6 Å². The lowest BCUT2D eigenvalue weighted by molar-refractivity contribution is -0.133. The number of hydrogen-bond donors (Lipinski definition) is 1. The van der Waals surface area contributed by atoms with Crippen LogP contribution < -0.4 is 5.32 Å². The molecular weight excluding hydrogens is 302 g/mol. The van der Waals surface area contributed by atoms with Crippen LogP contribution in [0.4, 0.5) is 8.78 Å². The fraction of sp³-hybridized carbons (Fsp3) is 0.529. The first kappa shape index (κ1) is 17.5. The number of halogens is 2. The zero-order chi connectivity index (χ0) is 16.8. The fourth-order valence-corrected chi connectivity index (χ4v) is 2.87. The third-order valence-electron chi connectivity index (χ3n) is 4.06. The van der Waals surface area contributed by atoms with Gasteiger partial charge in [-0.25, -0.2) is 8.78 Å². The van der Waals surface area contributed by atoms with Crippen LogP contribution in [0.15, 0.2) is 18.2 Å². The maximum atomic E-state index is 13.6. The highest BCUT2D eigenvalue weighted by Gasteiger charge is 2.26. The summed E-state index contributed by atoms with van der Waals surface area (Å²) in [7, 11) is 0. The predicted molar refractivity (Wildman–Crippen MR) is 83.2 cm³/mol. The molecule has 1 N–H and O–H groups in total. The summed E-state index contributed by atoms with van der Waals surface area (Å²) in [5.74, 6) is -2.17. The van der Waals surface area contributed by atoms with Gasteiger partial charge < -0.3 is 10.2 Å². The summed E-state index contributed by atoms with van der Waals surface area (Å²) < 4.78 is 26.5. The Morgan fingerprint density at radius 3 is 2.70 bits per heavy atom. The second kappa shape index (κ2) is 8.15. The highest BCUT2D eigenvalue weighted by Crippen LogP contribution is 2.15. The van der Waals surface area contributed by atoms with E-state index in [-0.39, 0.29) is 30.4 Å². The van der Waals surface area contributed by atoms with E-state index in [9.17, 15) is 18.4 Å². The summed E-state index contributed by atoms with van der Waals surface area (Å²) in [6, 6.07) is 3.02. The second-order valence-corrected chi connectivity index (χ2v) is 5.78. The molecule has 0 bridgehead atoms. The molecule has 0 spiro atoms. The van der Waals surface area contributed by atoms with Crippen LogP contribution in [0.3, 0.4) is 0 Å². The van der Waals surface area contributed by atoms with Crippen LogP contribution in [0.1, 0.15) is 43.0 Å². The van der Waals surface area contributed by atoms with E-state index in [4.69, 9.17) is 0 Å². The number of carbonyl (C=O) groups excluding carboxylic acids is 2. The Kier molecular flexibility index (Phi) is 6.21. The third-order valence-corrected chi connectivity index (χ3v) is 4.06. The van der Waals surface area contributed by atoms with Crippen LogP contribution in [-0.4, -0.2) is 42.3 Å². The Morgan fingerprint density at radius 2 is 2.09 bits per heavy atom. The van der Waals surface area contributed by atoms with Crippen LogP contribution in [0.5, 0.6) is 0 Å². The number of carbonyl (C=O) groups is 2. The van der Waals surface area contributed by atoms with Crippen molar-refractivity contribution >= 4 is 11.7 Å². The molecule has 1 aliphatic rings. The molecule has 1 fully saturated rings. The molecule has 6 heteroatoms. The molecule has 1 unspecified atom stereocenters. The van der Waals surface area contributed by atoms with Gasteiger partial charge in [-0.1, -0.05) is 6.92 Å². The minimum absolute atomic E-state index is 0.0478. The van der Waals surface area contributed by atoms with E-state index in [0.29, 0.717) is 12.6 Å². The second-order valence-electron chi connectivity index (χ2n) is 5.78. The Bertz CT molecular complexity index is 572. The normalized spacial score (nSPS) is 17.3. The highest BCUT2D eigenvalue weighted by atomic mass is 19.1. The molecule has 1 aromatic rings. The summed E-state index contributed by atoms with van der Waals surface area (Å²) in [6.45, 7) is 4.32. The minimum atomic E-state index is -0.882. The van der Waals surface area contributed by atoms with Gasteiger partial charge in [0.05, 0.1) is 5.56 Å². The van der Waals surface area contributed by atoms with Gasteiger partial charge in [0.2, 0.25) is 5.91 Å². The lowest BCUT2D eigenvalue weighted by atomic mass is 10.0. The number of ketones is 1. The van der Waals surface area contributed by atoms with E-state index in [2.05, 4.69) is 5.32 Å². The first-order valence-electron chi connectivity index (χ1n) is 8.01. The van der Waals surface area contributed by atoms with Crippen molar-refractivity contribution in [3.63, 3.8) is 0 Å². The fourth-order valence-electron chi connectivity index (χ4n) is 2.87.